The Balaban J connectivity index is 0.00000156. The van der Waals surface area contributed by atoms with E-state index in [0.717, 1.165) is 9.79 Å². The molecule has 0 atom stereocenters. The molecule has 0 aromatic carbocycles. The third-order valence-corrected chi connectivity index (χ3v) is 15.7. The van der Waals surface area contributed by atoms with Gasteiger partial charge in [-0.1, -0.05) is 45.3 Å². The number of hydrogen-bond donors (Lipinski definition) is 0. The third kappa shape index (κ3) is 4.89. The van der Waals surface area contributed by atoms with Gasteiger partial charge in [0.05, 0.1) is 16.1 Å². The first-order valence-electron chi connectivity index (χ1n) is 7.54. The summed E-state index contributed by atoms with van der Waals surface area (Å²) in [6.45, 7) is 14.3. The second kappa shape index (κ2) is 8.43. The van der Waals surface area contributed by atoms with Crippen molar-refractivity contribution in [1.29, 1.82) is 0 Å². The molecular weight excluding hydrogens is 423 g/mol. The van der Waals surface area contributed by atoms with Crippen molar-refractivity contribution in [3.8, 4) is 9.75 Å². The fourth-order valence-electron chi connectivity index (χ4n) is 2.29. The van der Waals surface area contributed by atoms with Gasteiger partial charge < -0.3 is 25.3 Å². The van der Waals surface area contributed by atoms with Gasteiger partial charge in [0, 0.05) is 19.2 Å². The van der Waals surface area contributed by atoms with Crippen molar-refractivity contribution in [2.75, 3.05) is 0 Å². The SMILES string of the molecule is C[Si](C)(C)c1cc([S-])c(-c2sc3cc([Si](C)(C)C)sc3c2[S-])s1.[Li+].[Li+]. The quantitative estimate of drug-likeness (QED) is 0.400. The van der Waals surface area contributed by atoms with Crippen LogP contribution in [-0.4, -0.2) is 16.1 Å². The van der Waals surface area contributed by atoms with E-state index in [2.05, 4.69) is 51.4 Å². The summed E-state index contributed by atoms with van der Waals surface area (Å²) in [6, 6.07) is 4.60. The second-order valence-corrected chi connectivity index (χ2v) is 22.7. The van der Waals surface area contributed by atoms with Crippen LogP contribution in [0.5, 0.6) is 0 Å². The van der Waals surface area contributed by atoms with Crippen molar-refractivity contribution >= 4 is 93.8 Å². The molecule has 0 aliphatic carbocycles. The summed E-state index contributed by atoms with van der Waals surface area (Å²) in [4.78, 5) is 4.46. The van der Waals surface area contributed by atoms with Gasteiger partial charge in [-0.05, 0) is 15.1 Å². The minimum atomic E-state index is -1.32. The molecule has 0 unspecified atom stereocenters. The Labute approximate surface area is 200 Å². The monoisotopic (exact) mass is 442 g/mol. The molecule has 0 saturated heterocycles. The molecule has 0 nitrogen and oxygen atoms in total. The van der Waals surface area contributed by atoms with Crippen LogP contribution >= 0.6 is 34.0 Å². The fraction of sp³-hybridized carbons (Fsp3) is 0.375. The van der Waals surface area contributed by atoms with Gasteiger partial charge in [-0.3, -0.25) is 0 Å². The van der Waals surface area contributed by atoms with Gasteiger partial charge in [0.25, 0.3) is 0 Å². The maximum absolute atomic E-state index is 5.82. The summed E-state index contributed by atoms with van der Waals surface area (Å²) >= 11 is 17.1. The van der Waals surface area contributed by atoms with Crippen molar-refractivity contribution < 1.29 is 37.7 Å². The zero-order valence-electron chi connectivity index (χ0n) is 16.2. The average Bonchev–Trinajstić information content (AvgIpc) is 3.03. The Bertz CT molecular complexity index is 881. The summed E-state index contributed by atoms with van der Waals surface area (Å²) < 4.78 is 5.68. The summed E-state index contributed by atoms with van der Waals surface area (Å²) in [5.41, 5.74) is 0. The Kier molecular flexibility index (Phi) is 8.25. The first-order valence-corrected chi connectivity index (χ1v) is 17.8. The van der Waals surface area contributed by atoms with Gasteiger partial charge in [0.2, 0.25) is 0 Å². The van der Waals surface area contributed by atoms with E-state index in [1.54, 1.807) is 4.50 Å². The largest absolute Gasteiger partial charge is 1.00 e. The predicted molar refractivity (Wildman–Crippen MR) is 120 cm³/mol. The second-order valence-electron chi connectivity index (χ2n) is 7.87. The molecule has 0 bridgehead atoms. The van der Waals surface area contributed by atoms with Crippen LogP contribution in [0.2, 0.25) is 39.3 Å². The summed E-state index contributed by atoms with van der Waals surface area (Å²) in [5.74, 6) is 0. The zero-order valence-corrected chi connectivity index (χ0v) is 22.3. The Hall–Kier alpha value is 1.43. The van der Waals surface area contributed by atoms with Crippen LogP contribution in [-0.2, 0) is 25.3 Å². The van der Waals surface area contributed by atoms with Crippen molar-refractivity contribution in [2.45, 2.75) is 49.1 Å². The van der Waals surface area contributed by atoms with E-state index in [9.17, 15) is 0 Å². The van der Waals surface area contributed by atoms with E-state index in [0.29, 0.717) is 0 Å². The van der Waals surface area contributed by atoms with Crippen molar-refractivity contribution in [2.24, 2.45) is 0 Å². The molecule has 3 rings (SSSR count). The normalized spacial score (nSPS) is 12.1. The minimum Gasteiger partial charge on any atom is -0.778 e. The first kappa shape index (κ1) is 24.5. The molecule has 25 heavy (non-hydrogen) atoms. The molecule has 3 aromatic rings. The molecule has 0 fully saturated rings. The van der Waals surface area contributed by atoms with E-state index in [4.69, 9.17) is 25.3 Å². The number of fused-ring (bicyclic) bond motifs is 1. The Morgan fingerprint density at radius 2 is 1.24 bits per heavy atom. The molecular formula is C16H20Li2S5Si2. The van der Waals surface area contributed by atoms with Crippen molar-refractivity contribution in [3.05, 3.63) is 12.1 Å². The van der Waals surface area contributed by atoms with Crippen LogP contribution in [0.1, 0.15) is 0 Å². The Morgan fingerprint density at radius 1 is 0.720 bits per heavy atom. The Morgan fingerprint density at radius 3 is 1.68 bits per heavy atom. The number of rotatable bonds is 3. The van der Waals surface area contributed by atoms with E-state index < -0.39 is 16.1 Å². The molecule has 9 heteroatoms. The van der Waals surface area contributed by atoms with Crippen LogP contribution in [0.4, 0.5) is 0 Å². The van der Waals surface area contributed by atoms with E-state index in [-0.39, 0.29) is 37.7 Å². The standard InChI is InChI=1S/C16H22S5Si2.2Li/c1-22(2,3)11-7-9(17)14(20-11)16-13(18)15-10(19-16)8-12(21-15)23(4,5)6;;/h7-8,17-18H,1-6H3;;/q;2*+1/p-2. The molecule has 0 aliphatic rings. The van der Waals surface area contributed by atoms with Crippen LogP contribution in [0, 0.1) is 0 Å². The van der Waals surface area contributed by atoms with Crippen LogP contribution in [0.15, 0.2) is 21.9 Å². The van der Waals surface area contributed by atoms with Crippen LogP contribution < -0.4 is 46.7 Å². The fourth-order valence-corrected chi connectivity index (χ4v) is 10.9. The topological polar surface area (TPSA) is 0 Å². The molecule has 124 valence electrons. The van der Waals surface area contributed by atoms with Crippen LogP contribution in [0.3, 0.4) is 0 Å². The summed E-state index contributed by atoms with van der Waals surface area (Å²) in [7, 11) is -2.59. The maximum Gasteiger partial charge on any atom is 1.00 e. The van der Waals surface area contributed by atoms with Gasteiger partial charge in [0.15, 0.2) is 0 Å². The predicted octanol–water partition coefficient (Wildman–Crippen LogP) is -0.399. The smallest absolute Gasteiger partial charge is 0.778 e. The van der Waals surface area contributed by atoms with E-state index >= 15 is 0 Å². The molecule has 0 N–H and O–H groups in total. The maximum atomic E-state index is 5.82. The molecule has 0 amide bonds. The van der Waals surface area contributed by atoms with Gasteiger partial charge in [-0.15, -0.1) is 38.9 Å². The molecule has 0 aliphatic heterocycles. The summed E-state index contributed by atoms with van der Waals surface area (Å²) in [6.07, 6.45) is 0. The van der Waals surface area contributed by atoms with Gasteiger partial charge in [-0.2, -0.15) is 4.90 Å². The van der Waals surface area contributed by atoms with E-state index in [1.807, 2.05) is 34.0 Å². The summed E-state index contributed by atoms with van der Waals surface area (Å²) in [5, 5.41) is 0. The van der Waals surface area contributed by atoms with E-state index in [1.165, 1.54) is 23.7 Å². The first-order chi connectivity index (χ1) is 10.5. The molecule has 3 heterocycles. The molecule has 0 saturated carbocycles. The molecule has 3 aromatic heterocycles. The number of hydrogen-bond acceptors (Lipinski definition) is 5. The van der Waals surface area contributed by atoms with Crippen molar-refractivity contribution in [1.82, 2.24) is 0 Å². The van der Waals surface area contributed by atoms with Gasteiger partial charge in [0.1, 0.15) is 0 Å². The zero-order chi connectivity index (χ0) is 17.2. The van der Waals surface area contributed by atoms with Gasteiger partial charge in [-0.25, -0.2) is 0 Å². The number of thiophene rings is 3. The van der Waals surface area contributed by atoms with Gasteiger partial charge >= 0.3 is 37.7 Å². The third-order valence-electron chi connectivity index (χ3n) is 3.71. The van der Waals surface area contributed by atoms with Crippen LogP contribution in [0.25, 0.3) is 19.2 Å². The van der Waals surface area contributed by atoms with Crippen molar-refractivity contribution in [3.63, 3.8) is 0 Å². The minimum absolute atomic E-state index is 0. The molecule has 0 spiro atoms. The molecule has 0 radical (unpaired) electrons. The average molecular weight is 443 g/mol.